The van der Waals surface area contributed by atoms with Crippen LogP contribution >= 0.6 is 12.4 Å². The third kappa shape index (κ3) is 3.75. The summed E-state index contributed by atoms with van der Waals surface area (Å²) in [6.07, 6.45) is 1.87. The number of imide groups is 1. The van der Waals surface area contributed by atoms with Crippen LogP contribution in [0.3, 0.4) is 0 Å². The Balaban J connectivity index is 0.00000243. The molecule has 1 aromatic rings. The van der Waals surface area contributed by atoms with E-state index in [1.54, 1.807) is 19.2 Å². The van der Waals surface area contributed by atoms with Crippen molar-refractivity contribution in [2.75, 3.05) is 40.4 Å². The fourth-order valence-corrected chi connectivity index (χ4v) is 3.51. The van der Waals surface area contributed by atoms with Gasteiger partial charge < -0.3 is 15.4 Å². The summed E-state index contributed by atoms with van der Waals surface area (Å²) in [5.74, 6) is -0.948. The predicted molar refractivity (Wildman–Crippen MR) is 98.9 cm³/mol. The highest BCUT2D eigenvalue weighted by atomic mass is 35.5. The van der Waals surface area contributed by atoms with Gasteiger partial charge in [0.05, 0.1) is 17.7 Å². The molecule has 7 nitrogen and oxygen atoms in total. The van der Waals surface area contributed by atoms with E-state index >= 15 is 0 Å². The summed E-state index contributed by atoms with van der Waals surface area (Å²) in [4.78, 5) is 37.6. The fourth-order valence-electron chi connectivity index (χ4n) is 3.51. The van der Waals surface area contributed by atoms with Crippen LogP contribution in [0, 0.1) is 5.41 Å². The normalized spacial score (nSPS) is 18.3. The lowest BCUT2D eigenvalue weighted by atomic mass is 9.79. The molecule has 1 saturated heterocycles. The molecule has 3 amide bonds. The molecule has 142 valence electrons. The number of piperidine rings is 1. The standard InChI is InChI=1S/C18H23N3O4.ClH/c1-21-16(23)13-4-3-12(9-14(13)17(21)24)15(22)20-10-18(11-25-2)5-7-19-8-6-18;/h3-4,9,19H,5-8,10-11H2,1-2H3,(H,20,22);1H. The van der Waals surface area contributed by atoms with Gasteiger partial charge in [-0.25, -0.2) is 0 Å². The minimum Gasteiger partial charge on any atom is -0.384 e. The zero-order valence-corrected chi connectivity index (χ0v) is 15.8. The molecule has 0 bridgehead atoms. The van der Waals surface area contributed by atoms with Gasteiger partial charge in [-0.15, -0.1) is 12.4 Å². The summed E-state index contributed by atoms with van der Waals surface area (Å²) < 4.78 is 5.35. The van der Waals surface area contributed by atoms with E-state index in [2.05, 4.69) is 10.6 Å². The van der Waals surface area contributed by atoms with Crippen molar-refractivity contribution >= 4 is 30.1 Å². The first-order valence-electron chi connectivity index (χ1n) is 8.42. The monoisotopic (exact) mass is 381 g/mol. The zero-order chi connectivity index (χ0) is 18.0. The Labute approximate surface area is 158 Å². The molecule has 2 aliphatic heterocycles. The predicted octanol–water partition coefficient (Wildman–Crippen LogP) is 1.08. The summed E-state index contributed by atoms with van der Waals surface area (Å²) in [7, 11) is 3.11. The van der Waals surface area contributed by atoms with Crippen LogP contribution in [0.4, 0.5) is 0 Å². The maximum atomic E-state index is 12.5. The van der Waals surface area contributed by atoms with Crippen molar-refractivity contribution in [3.63, 3.8) is 0 Å². The lowest BCUT2D eigenvalue weighted by Gasteiger charge is -2.37. The Morgan fingerprint density at radius 2 is 1.88 bits per heavy atom. The number of carbonyl (C=O) groups is 3. The maximum absolute atomic E-state index is 12.5. The molecular formula is C18H24ClN3O4. The second-order valence-electron chi connectivity index (χ2n) is 6.80. The smallest absolute Gasteiger partial charge is 0.261 e. The van der Waals surface area contributed by atoms with Gasteiger partial charge in [-0.05, 0) is 44.1 Å². The molecule has 0 aromatic heterocycles. The molecule has 8 heteroatoms. The molecule has 2 heterocycles. The molecule has 1 fully saturated rings. The molecule has 0 unspecified atom stereocenters. The molecule has 26 heavy (non-hydrogen) atoms. The summed E-state index contributed by atoms with van der Waals surface area (Å²) in [6.45, 7) is 2.92. The number of ether oxygens (including phenoxy) is 1. The lowest BCUT2D eigenvalue weighted by Crippen LogP contribution is -2.47. The van der Waals surface area contributed by atoms with Crippen molar-refractivity contribution in [1.82, 2.24) is 15.5 Å². The third-order valence-corrected chi connectivity index (χ3v) is 5.09. The number of halogens is 1. The second kappa shape index (κ2) is 8.16. The summed E-state index contributed by atoms with van der Waals surface area (Å²) in [5.41, 5.74) is 0.946. The van der Waals surface area contributed by atoms with E-state index in [9.17, 15) is 14.4 Å². The molecule has 0 spiro atoms. The van der Waals surface area contributed by atoms with Crippen molar-refractivity contribution in [1.29, 1.82) is 0 Å². The Kier molecular flexibility index (Phi) is 6.39. The van der Waals surface area contributed by atoms with Crippen molar-refractivity contribution in [2.45, 2.75) is 12.8 Å². The quantitative estimate of drug-likeness (QED) is 0.745. The molecule has 2 aliphatic rings. The molecular weight excluding hydrogens is 358 g/mol. The number of amides is 3. The largest absolute Gasteiger partial charge is 0.384 e. The third-order valence-electron chi connectivity index (χ3n) is 5.09. The van der Waals surface area contributed by atoms with Crippen LogP contribution in [0.5, 0.6) is 0 Å². The highest BCUT2D eigenvalue weighted by Gasteiger charge is 2.34. The number of hydrogen-bond donors (Lipinski definition) is 2. The molecule has 0 atom stereocenters. The Morgan fingerprint density at radius 3 is 2.54 bits per heavy atom. The molecule has 2 N–H and O–H groups in total. The van der Waals surface area contributed by atoms with Gasteiger partial charge in [0, 0.05) is 31.7 Å². The highest BCUT2D eigenvalue weighted by molar-refractivity contribution is 6.21. The van der Waals surface area contributed by atoms with Crippen LogP contribution in [-0.4, -0.2) is 63.0 Å². The number of nitrogens with zero attached hydrogens (tertiary/aromatic N) is 1. The number of carbonyl (C=O) groups excluding carboxylic acids is 3. The van der Waals surface area contributed by atoms with Gasteiger partial charge in [-0.1, -0.05) is 0 Å². The molecule has 1 aromatic carbocycles. The van der Waals surface area contributed by atoms with Crippen LogP contribution < -0.4 is 10.6 Å². The maximum Gasteiger partial charge on any atom is 0.261 e. The van der Waals surface area contributed by atoms with Gasteiger partial charge in [0.1, 0.15) is 0 Å². The van der Waals surface area contributed by atoms with E-state index in [-0.39, 0.29) is 41.1 Å². The van der Waals surface area contributed by atoms with E-state index in [0.29, 0.717) is 24.3 Å². The molecule has 0 radical (unpaired) electrons. The number of hydrogen-bond acceptors (Lipinski definition) is 5. The van der Waals surface area contributed by atoms with Gasteiger partial charge in [0.25, 0.3) is 17.7 Å². The number of methoxy groups -OCH3 is 1. The summed E-state index contributed by atoms with van der Waals surface area (Å²) in [6, 6.07) is 4.63. The summed E-state index contributed by atoms with van der Waals surface area (Å²) in [5, 5.41) is 6.28. The molecule has 0 saturated carbocycles. The average molecular weight is 382 g/mol. The molecule has 0 aliphatic carbocycles. The minimum atomic E-state index is -0.371. The lowest BCUT2D eigenvalue weighted by molar-refractivity contribution is 0.0511. The minimum absolute atomic E-state index is 0. The number of rotatable bonds is 5. The number of fused-ring (bicyclic) bond motifs is 1. The first-order valence-corrected chi connectivity index (χ1v) is 8.42. The van der Waals surface area contributed by atoms with Crippen molar-refractivity contribution in [3.05, 3.63) is 34.9 Å². The topological polar surface area (TPSA) is 87.7 Å². The van der Waals surface area contributed by atoms with Crippen LogP contribution in [0.25, 0.3) is 0 Å². The zero-order valence-electron chi connectivity index (χ0n) is 15.0. The van der Waals surface area contributed by atoms with E-state index in [4.69, 9.17) is 4.74 Å². The summed E-state index contributed by atoms with van der Waals surface area (Å²) >= 11 is 0. The van der Waals surface area contributed by atoms with Gasteiger partial charge in [0.15, 0.2) is 0 Å². The van der Waals surface area contributed by atoms with Crippen LogP contribution in [0.1, 0.15) is 43.9 Å². The average Bonchev–Trinajstić information content (AvgIpc) is 2.85. The van der Waals surface area contributed by atoms with Gasteiger partial charge in [-0.3, -0.25) is 19.3 Å². The van der Waals surface area contributed by atoms with Crippen LogP contribution in [-0.2, 0) is 4.74 Å². The fraction of sp³-hybridized carbons (Fsp3) is 0.500. The van der Waals surface area contributed by atoms with Gasteiger partial charge in [0.2, 0.25) is 0 Å². The second-order valence-corrected chi connectivity index (χ2v) is 6.80. The van der Waals surface area contributed by atoms with E-state index in [1.807, 2.05) is 0 Å². The van der Waals surface area contributed by atoms with Crippen LogP contribution in [0.2, 0.25) is 0 Å². The van der Waals surface area contributed by atoms with E-state index < -0.39 is 0 Å². The first kappa shape index (κ1) is 20.4. The van der Waals surface area contributed by atoms with E-state index in [1.165, 1.54) is 13.1 Å². The Bertz CT molecular complexity index is 711. The Morgan fingerprint density at radius 1 is 1.23 bits per heavy atom. The van der Waals surface area contributed by atoms with E-state index in [0.717, 1.165) is 30.8 Å². The Hall–Kier alpha value is -1.96. The van der Waals surface area contributed by atoms with Crippen molar-refractivity contribution in [3.8, 4) is 0 Å². The number of benzene rings is 1. The van der Waals surface area contributed by atoms with Gasteiger partial charge >= 0.3 is 0 Å². The van der Waals surface area contributed by atoms with Gasteiger partial charge in [-0.2, -0.15) is 0 Å². The van der Waals surface area contributed by atoms with Crippen LogP contribution in [0.15, 0.2) is 18.2 Å². The highest BCUT2D eigenvalue weighted by Crippen LogP contribution is 2.28. The van der Waals surface area contributed by atoms with Crippen molar-refractivity contribution < 1.29 is 19.1 Å². The number of nitrogens with one attached hydrogen (secondary N) is 2. The SMILES string of the molecule is COCC1(CNC(=O)c2ccc3c(c2)C(=O)N(C)C3=O)CCNCC1.Cl. The van der Waals surface area contributed by atoms with Crippen molar-refractivity contribution in [2.24, 2.45) is 5.41 Å². The first-order chi connectivity index (χ1) is 12.0. The molecule has 3 rings (SSSR count).